The number of amidine groups is 1. The second-order valence-corrected chi connectivity index (χ2v) is 10.3. The molecule has 1 atom stereocenters. The molecule has 3 rings (SSSR count). The predicted molar refractivity (Wildman–Crippen MR) is 150 cm³/mol. The highest BCUT2D eigenvalue weighted by atomic mass is 16.1. The minimum Gasteiger partial charge on any atom is -0.370 e. The minimum atomic E-state index is -0.0712. The van der Waals surface area contributed by atoms with E-state index in [1.807, 2.05) is 42.6 Å². The van der Waals surface area contributed by atoms with Crippen LogP contribution in [0.5, 0.6) is 0 Å². The van der Waals surface area contributed by atoms with Gasteiger partial charge in [0.2, 0.25) is 0 Å². The van der Waals surface area contributed by atoms with Gasteiger partial charge in [-0.1, -0.05) is 32.9 Å². The van der Waals surface area contributed by atoms with Crippen LogP contribution in [0.25, 0.3) is 5.57 Å². The number of amides is 1. The Bertz CT molecular complexity index is 922. The Labute approximate surface area is 209 Å². The molecule has 0 radical (unpaired) electrons. The van der Waals surface area contributed by atoms with Gasteiger partial charge in [0.15, 0.2) is 0 Å². The van der Waals surface area contributed by atoms with Gasteiger partial charge in [-0.2, -0.15) is 0 Å². The second kappa shape index (κ2) is 13.2. The topological polar surface area (TPSA) is 69.1 Å². The number of likely N-dealkylation sites (tertiary alicyclic amines) is 1. The molecule has 2 heterocycles. The maximum atomic E-state index is 11.6. The Morgan fingerprint density at radius 3 is 2.41 bits per heavy atom. The molecule has 0 saturated carbocycles. The van der Waals surface area contributed by atoms with Crippen LogP contribution < -0.4 is 10.6 Å². The van der Waals surface area contributed by atoms with Gasteiger partial charge in [-0.05, 0) is 87.0 Å². The largest absolute Gasteiger partial charge is 0.370 e. The van der Waals surface area contributed by atoms with Crippen molar-refractivity contribution in [1.29, 1.82) is 0 Å². The van der Waals surface area contributed by atoms with Crippen LogP contribution in [0, 0.1) is 5.41 Å². The van der Waals surface area contributed by atoms with Crippen molar-refractivity contribution >= 4 is 23.0 Å². The summed E-state index contributed by atoms with van der Waals surface area (Å²) in [6.07, 6.45) is 10.5. The lowest BCUT2D eigenvalue weighted by molar-refractivity contribution is 0.0963. The van der Waals surface area contributed by atoms with Crippen LogP contribution in [-0.2, 0) is 0 Å². The smallest absolute Gasteiger partial charge is 0.251 e. The molecule has 0 aliphatic carbocycles. The normalized spacial score (nSPS) is 19.3. The van der Waals surface area contributed by atoms with E-state index in [0.717, 1.165) is 42.5 Å². The molecule has 1 aromatic carbocycles. The average molecular weight is 470 g/mol. The van der Waals surface area contributed by atoms with Crippen LogP contribution in [0.4, 0.5) is 0 Å². The molecule has 6 nitrogen and oxygen atoms in total. The third-order valence-corrected chi connectivity index (χ3v) is 6.14. The molecule has 190 valence electrons. The Morgan fingerprint density at radius 1 is 1.26 bits per heavy atom. The third-order valence-electron chi connectivity index (χ3n) is 6.14. The van der Waals surface area contributed by atoms with Crippen molar-refractivity contribution in [2.24, 2.45) is 15.4 Å². The second-order valence-electron chi connectivity index (χ2n) is 10.3. The molecule has 2 N–H and O–H groups in total. The maximum Gasteiger partial charge on any atom is 0.251 e. The number of hydrogen-bond acceptors (Lipinski definition) is 4. The Kier molecular flexibility index (Phi) is 10.7. The zero-order chi connectivity index (χ0) is 25.1. The van der Waals surface area contributed by atoms with Gasteiger partial charge in [0.1, 0.15) is 5.84 Å². The molecule has 1 fully saturated rings. The Hall–Kier alpha value is -2.73. The molecular weight excluding hydrogens is 422 g/mol. The van der Waals surface area contributed by atoms with Crippen LogP contribution >= 0.6 is 0 Å². The van der Waals surface area contributed by atoms with Gasteiger partial charge >= 0.3 is 0 Å². The molecule has 1 saturated heterocycles. The van der Waals surface area contributed by atoms with Gasteiger partial charge in [-0.15, -0.1) is 0 Å². The van der Waals surface area contributed by atoms with Gasteiger partial charge in [0.05, 0.1) is 0 Å². The van der Waals surface area contributed by atoms with Gasteiger partial charge in [-0.25, -0.2) is 0 Å². The molecule has 1 unspecified atom stereocenters. The zero-order valence-electron chi connectivity index (χ0n) is 22.1. The lowest BCUT2D eigenvalue weighted by Gasteiger charge is -2.19. The molecule has 1 aromatic rings. The van der Waals surface area contributed by atoms with E-state index in [9.17, 15) is 4.79 Å². The fourth-order valence-electron chi connectivity index (χ4n) is 3.70. The summed E-state index contributed by atoms with van der Waals surface area (Å²) in [4.78, 5) is 22.9. The maximum absolute atomic E-state index is 11.6. The summed E-state index contributed by atoms with van der Waals surface area (Å²) >= 11 is 0. The molecule has 2 aliphatic rings. The first-order valence-corrected chi connectivity index (χ1v) is 12.3. The highest BCUT2D eigenvalue weighted by Gasteiger charge is 2.14. The van der Waals surface area contributed by atoms with Crippen molar-refractivity contribution in [3.8, 4) is 0 Å². The third kappa shape index (κ3) is 9.26. The fraction of sp³-hybridized carbons (Fsp3) is 0.536. The van der Waals surface area contributed by atoms with E-state index in [1.165, 1.54) is 25.0 Å². The van der Waals surface area contributed by atoms with E-state index in [2.05, 4.69) is 60.3 Å². The molecule has 0 spiro atoms. The van der Waals surface area contributed by atoms with Crippen molar-refractivity contribution in [2.45, 2.75) is 59.4 Å². The van der Waals surface area contributed by atoms with Crippen LogP contribution in [0.2, 0.25) is 0 Å². The van der Waals surface area contributed by atoms with Crippen LogP contribution in [0.1, 0.15) is 72.2 Å². The number of rotatable bonds is 5. The minimum absolute atomic E-state index is 0. The van der Waals surface area contributed by atoms with Crippen LogP contribution in [-0.4, -0.2) is 62.6 Å². The Morgan fingerprint density at radius 2 is 1.97 bits per heavy atom. The summed E-state index contributed by atoms with van der Waals surface area (Å²) in [6, 6.07) is 8.49. The molecule has 1 amide bonds. The van der Waals surface area contributed by atoms with Gasteiger partial charge in [-0.3, -0.25) is 14.8 Å². The Balaban J connectivity index is 0.00000117. The summed E-state index contributed by atoms with van der Waals surface area (Å²) in [5, 5.41) is 6.00. The van der Waals surface area contributed by atoms with Gasteiger partial charge in [0.25, 0.3) is 5.91 Å². The van der Waals surface area contributed by atoms with E-state index >= 15 is 0 Å². The van der Waals surface area contributed by atoms with Crippen molar-refractivity contribution in [3.63, 3.8) is 0 Å². The summed E-state index contributed by atoms with van der Waals surface area (Å²) in [6.45, 7) is 11.0. The molecule has 0 aromatic heterocycles. The summed E-state index contributed by atoms with van der Waals surface area (Å²) in [5.74, 6) is 0.797. The van der Waals surface area contributed by atoms with E-state index in [4.69, 9.17) is 0 Å². The molecule has 2 aliphatic heterocycles. The number of nitrogens with zero attached hydrogens (tertiary/aromatic N) is 3. The number of hydrogen-bond donors (Lipinski definition) is 2. The van der Waals surface area contributed by atoms with Crippen molar-refractivity contribution in [2.75, 3.05) is 34.2 Å². The van der Waals surface area contributed by atoms with E-state index in [0.29, 0.717) is 5.56 Å². The highest BCUT2D eigenvalue weighted by molar-refractivity contribution is 6.04. The van der Waals surface area contributed by atoms with Gasteiger partial charge in [0, 0.05) is 47.0 Å². The first-order chi connectivity index (χ1) is 16.1. The first-order valence-electron chi connectivity index (χ1n) is 12.3. The number of benzene rings is 1. The molecule has 0 bridgehead atoms. The molecule has 6 heteroatoms. The average Bonchev–Trinajstić information content (AvgIpc) is 3.21. The predicted octanol–water partition coefficient (Wildman–Crippen LogP) is 5.43. The SMILES string of the molecule is CC1CCCN1C.CN=C(/C=C\C1=NC=C(c2ccc(C(=O)NC)cc2)CC1)NCC(C)(C)C.[HH].[HH]. The molecule has 34 heavy (non-hydrogen) atoms. The fourth-order valence-corrected chi connectivity index (χ4v) is 3.70. The standard InChI is InChI=1S/C22H30N4O.C6H13N.2H2/c1-22(2,3)15-26-20(23-4)13-12-19-11-10-18(14-25-19)16-6-8-17(9-7-16)21(27)24-5;1-6-4-3-5-7(6)2;;/h6-9,12-14H,10-11,15H2,1-5H3,(H,23,26)(H,24,27);6H,3-5H2,1-2H3;2*1H/b13-12-;;;. The number of carbonyl (C=O) groups excluding carboxylic acids is 1. The zero-order valence-corrected chi connectivity index (χ0v) is 22.1. The number of nitrogens with one attached hydrogen (secondary N) is 2. The lowest BCUT2D eigenvalue weighted by atomic mass is 9.97. The van der Waals surface area contributed by atoms with Crippen molar-refractivity contribution in [3.05, 3.63) is 53.7 Å². The summed E-state index contributed by atoms with van der Waals surface area (Å²) < 4.78 is 0. The number of allylic oxidation sites excluding steroid dienone is 2. The van der Waals surface area contributed by atoms with E-state index < -0.39 is 0 Å². The van der Waals surface area contributed by atoms with Crippen LogP contribution in [0.15, 0.2) is 52.6 Å². The van der Waals surface area contributed by atoms with Crippen LogP contribution in [0.3, 0.4) is 0 Å². The van der Waals surface area contributed by atoms with E-state index in [-0.39, 0.29) is 14.2 Å². The summed E-state index contributed by atoms with van der Waals surface area (Å²) in [5.41, 5.74) is 4.21. The monoisotopic (exact) mass is 469 g/mol. The van der Waals surface area contributed by atoms with E-state index in [1.54, 1.807) is 14.1 Å². The highest BCUT2D eigenvalue weighted by Crippen LogP contribution is 2.24. The molecular formula is C28H47N5O. The quantitative estimate of drug-likeness (QED) is 0.446. The first kappa shape index (κ1) is 27.5. The summed E-state index contributed by atoms with van der Waals surface area (Å²) in [7, 11) is 5.62. The van der Waals surface area contributed by atoms with Gasteiger partial charge < -0.3 is 15.5 Å². The number of carbonyl (C=O) groups is 1. The van der Waals surface area contributed by atoms with Crippen molar-refractivity contribution < 1.29 is 7.65 Å². The lowest BCUT2D eigenvalue weighted by Crippen LogP contribution is -2.31. The van der Waals surface area contributed by atoms with Crippen molar-refractivity contribution in [1.82, 2.24) is 15.5 Å². The number of aliphatic imine (C=N–C) groups is 2.